The van der Waals surface area contributed by atoms with Crippen LogP contribution in [0.2, 0.25) is 0 Å². The molecule has 134 valence electrons. The summed E-state index contributed by atoms with van der Waals surface area (Å²) in [6.45, 7) is 0. The first-order valence-electron chi connectivity index (χ1n) is 7.20. The van der Waals surface area contributed by atoms with Crippen LogP contribution in [-0.4, -0.2) is 34.2 Å². The highest BCUT2D eigenvalue weighted by atomic mass is 19.4. The third kappa shape index (κ3) is 3.34. The van der Waals surface area contributed by atoms with Gasteiger partial charge in [0.1, 0.15) is 11.4 Å². The molecule has 1 amide bonds. The number of halogens is 3. The van der Waals surface area contributed by atoms with Crippen molar-refractivity contribution in [1.29, 1.82) is 0 Å². The smallest absolute Gasteiger partial charge is 0.433 e. The molecule has 0 aliphatic carbocycles. The van der Waals surface area contributed by atoms with Crippen molar-refractivity contribution in [3.63, 3.8) is 0 Å². The zero-order chi connectivity index (χ0) is 18.9. The number of amides is 1. The Morgan fingerprint density at radius 3 is 2.69 bits per heavy atom. The summed E-state index contributed by atoms with van der Waals surface area (Å²) in [7, 11) is 1.17. The Hall–Kier alpha value is -3.43. The SMILES string of the molecule is COC(=O)c1cc2[nH]ncc2cc1NC(=O)c1cccc(C(F)(F)F)n1. The number of nitrogens with zero attached hydrogens (tertiary/aromatic N) is 2. The van der Waals surface area contributed by atoms with Gasteiger partial charge in [0, 0.05) is 5.39 Å². The molecule has 0 unspecified atom stereocenters. The van der Waals surface area contributed by atoms with Crippen LogP contribution in [-0.2, 0) is 10.9 Å². The summed E-state index contributed by atoms with van der Waals surface area (Å²) in [5.41, 5.74) is -1.02. The zero-order valence-corrected chi connectivity index (χ0v) is 13.2. The molecule has 2 aromatic heterocycles. The van der Waals surface area contributed by atoms with E-state index < -0.39 is 29.4 Å². The highest BCUT2D eigenvalue weighted by Gasteiger charge is 2.33. The van der Waals surface area contributed by atoms with Crippen molar-refractivity contribution in [2.45, 2.75) is 6.18 Å². The van der Waals surface area contributed by atoms with Gasteiger partial charge in [0.25, 0.3) is 5.91 Å². The Morgan fingerprint density at radius 2 is 2.00 bits per heavy atom. The lowest BCUT2D eigenvalue weighted by molar-refractivity contribution is -0.141. The molecule has 0 spiro atoms. The van der Waals surface area contributed by atoms with E-state index in [4.69, 9.17) is 0 Å². The first-order valence-corrected chi connectivity index (χ1v) is 7.20. The highest BCUT2D eigenvalue weighted by Crippen LogP contribution is 2.28. The minimum atomic E-state index is -4.68. The van der Waals surface area contributed by atoms with E-state index in [1.165, 1.54) is 25.4 Å². The second-order valence-electron chi connectivity index (χ2n) is 5.21. The van der Waals surface area contributed by atoms with Gasteiger partial charge in [0.15, 0.2) is 0 Å². The molecule has 0 atom stereocenters. The third-order valence-electron chi connectivity index (χ3n) is 3.50. The van der Waals surface area contributed by atoms with Crippen LogP contribution in [0.3, 0.4) is 0 Å². The molecule has 1 aromatic carbocycles. The minimum Gasteiger partial charge on any atom is -0.465 e. The quantitative estimate of drug-likeness (QED) is 0.697. The van der Waals surface area contributed by atoms with Crippen LogP contribution in [0.4, 0.5) is 18.9 Å². The number of hydrogen-bond donors (Lipinski definition) is 2. The maximum Gasteiger partial charge on any atom is 0.433 e. The van der Waals surface area contributed by atoms with Crippen LogP contribution in [0.15, 0.2) is 36.5 Å². The van der Waals surface area contributed by atoms with Crippen molar-refractivity contribution >= 4 is 28.5 Å². The number of aromatic nitrogens is 3. The standard InChI is InChI=1S/C16H11F3N4O3/c1-26-15(25)9-6-11-8(7-20-23-11)5-12(9)22-14(24)10-3-2-4-13(21-10)16(17,18)19/h2-7H,1H3,(H,20,23)(H,22,24). The van der Waals surface area contributed by atoms with Crippen LogP contribution in [0.25, 0.3) is 10.9 Å². The highest BCUT2D eigenvalue weighted by molar-refractivity contribution is 6.09. The second-order valence-corrected chi connectivity index (χ2v) is 5.21. The van der Waals surface area contributed by atoms with Crippen LogP contribution >= 0.6 is 0 Å². The van der Waals surface area contributed by atoms with Gasteiger partial charge < -0.3 is 10.1 Å². The number of esters is 1. The molecule has 3 aromatic rings. The number of carbonyl (C=O) groups excluding carboxylic acids is 2. The van der Waals surface area contributed by atoms with Crippen molar-refractivity contribution in [3.8, 4) is 0 Å². The van der Waals surface area contributed by atoms with Gasteiger partial charge in [-0.3, -0.25) is 9.89 Å². The van der Waals surface area contributed by atoms with Gasteiger partial charge in [-0.2, -0.15) is 18.3 Å². The summed E-state index contributed by atoms with van der Waals surface area (Å²) in [4.78, 5) is 27.6. The van der Waals surface area contributed by atoms with E-state index in [0.29, 0.717) is 10.9 Å². The average Bonchev–Trinajstić information content (AvgIpc) is 3.07. The molecule has 3 rings (SSSR count). The Kier molecular flexibility index (Phi) is 4.33. The molecule has 0 aliphatic heterocycles. The normalized spacial score (nSPS) is 11.4. The number of aromatic amines is 1. The molecule has 0 bridgehead atoms. The fourth-order valence-corrected chi connectivity index (χ4v) is 2.28. The Balaban J connectivity index is 1.98. The number of carbonyl (C=O) groups is 2. The Labute approximate surface area is 144 Å². The molecule has 0 saturated heterocycles. The summed E-state index contributed by atoms with van der Waals surface area (Å²) in [6, 6.07) is 5.85. The number of benzene rings is 1. The number of methoxy groups -OCH3 is 1. The first kappa shape index (κ1) is 17.4. The van der Waals surface area contributed by atoms with Crippen molar-refractivity contribution in [3.05, 3.63) is 53.5 Å². The fourth-order valence-electron chi connectivity index (χ4n) is 2.28. The predicted molar refractivity (Wildman–Crippen MR) is 84.6 cm³/mol. The minimum absolute atomic E-state index is 0.0181. The summed E-state index contributed by atoms with van der Waals surface area (Å²) in [6.07, 6.45) is -3.21. The molecule has 0 saturated carbocycles. The van der Waals surface area contributed by atoms with Crippen LogP contribution in [0.5, 0.6) is 0 Å². The lowest BCUT2D eigenvalue weighted by Crippen LogP contribution is -2.18. The van der Waals surface area contributed by atoms with Gasteiger partial charge in [-0.25, -0.2) is 9.78 Å². The Morgan fingerprint density at radius 1 is 1.23 bits per heavy atom. The van der Waals surface area contributed by atoms with E-state index >= 15 is 0 Å². The van der Waals surface area contributed by atoms with Crippen LogP contribution < -0.4 is 5.32 Å². The maximum atomic E-state index is 12.7. The maximum absolute atomic E-state index is 12.7. The number of nitrogens with one attached hydrogen (secondary N) is 2. The summed E-state index contributed by atoms with van der Waals surface area (Å²) >= 11 is 0. The van der Waals surface area contributed by atoms with E-state index in [-0.39, 0.29) is 11.3 Å². The van der Waals surface area contributed by atoms with Gasteiger partial charge in [0.05, 0.1) is 30.1 Å². The predicted octanol–water partition coefficient (Wildman–Crippen LogP) is 3.02. The number of fused-ring (bicyclic) bond motifs is 1. The topological polar surface area (TPSA) is 97.0 Å². The number of hydrogen-bond acceptors (Lipinski definition) is 5. The van der Waals surface area contributed by atoms with Gasteiger partial charge in [-0.15, -0.1) is 0 Å². The fraction of sp³-hybridized carbons (Fsp3) is 0.125. The van der Waals surface area contributed by atoms with Crippen molar-refractivity contribution in [2.75, 3.05) is 12.4 Å². The summed E-state index contributed by atoms with van der Waals surface area (Å²) in [5, 5.41) is 9.46. The van der Waals surface area contributed by atoms with Gasteiger partial charge in [-0.05, 0) is 24.3 Å². The van der Waals surface area contributed by atoms with E-state index in [1.54, 1.807) is 0 Å². The molecule has 2 N–H and O–H groups in total. The van der Waals surface area contributed by atoms with E-state index in [0.717, 1.165) is 18.2 Å². The van der Waals surface area contributed by atoms with Crippen molar-refractivity contribution < 1.29 is 27.5 Å². The molecule has 0 fully saturated rings. The van der Waals surface area contributed by atoms with Crippen molar-refractivity contribution in [2.24, 2.45) is 0 Å². The molecular weight excluding hydrogens is 353 g/mol. The number of H-pyrrole nitrogens is 1. The molecule has 0 radical (unpaired) electrons. The molecule has 2 heterocycles. The van der Waals surface area contributed by atoms with E-state index in [2.05, 4.69) is 25.2 Å². The summed E-state index contributed by atoms with van der Waals surface area (Å²) < 4.78 is 42.9. The second kappa shape index (κ2) is 6.47. The van der Waals surface area contributed by atoms with Gasteiger partial charge in [0.2, 0.25) is 0 Å². The molecular formula is C16H11F3N4O3. The Bertz CT molecular complexity index is 998. The van der Waals surface area contributed by atoms with Crippen LogP contribution in [0, 0.1) is 0 Å². The van der Waals surface area contributed by atoms with Gasteiger partial charge in [-0.1, -0.05) is 6.07 Å². The lowest BCUT2D eigenvalue weighted by Gasteiger charge is -2.11. The number of rotatable bonds is 3. The van der Waals surface area contributed by atoms with E-state index in [9.17, 15) is 22.8 Å². The zero-order valence-electron chi connectivity index (χ0n) is 13.2. The first-order chi connectivity index (χ1) is 12.3. The lowest BCUT2D eigenvalue weighted by atomic mass is 10.1. The van der Waals surface area contributed by atoms with Crippen molar-refractivity contribution in [1.82, 2.24) is 15.2 Å². The van der Waals surface area contributed by atoms with Crippen LogP contribution in [0.1, 0.15) is 26.5 Å². The van der Waals surface area contributed by atoms with Gasteiger partial charge >= 0.3 is 12.1 Å². The number of pyridine rings is 1. The molecule has 0 aliphatic rings. The molecule has 7 nitrogen and oxygen atoms in total. The monoisotopic (exact) mass is 364 g/mol. The third-order valence-corrected chi connectivity index (χ3v) is 3.50. The number of alkyl halides is 3. The molecule has 26 heavy (non-hydrogen) atoms. The molecule has 10 heteroatoms. The number of ether oxygens (including phenoxy) is 1. The average molecular weight is 364 g/mol. The largest absolute Gasteiger partial charge is 0.465 e. The summed E-state index contributed by atoms with van der Waals surface area (Å²) in [5.74, 6) is -1.63. The number of anilines is 1. The van der Waals surface area contributed by atoms with E-state index in [1.807, 2.05) is 0 Å².